The van der Waals surface area contributed by atoms with Gasteiger partial charge in [-0.25, -0.2) is 9.97 Å². The summed E-state index contributed by atoms with van der Waals surface area (Å²) in [6, 6.07) is 54.7. The molecule has 6 nitrogen and oxygen atoms in total. The van der Waals surface area contributed by atoms with Crippen molar-refractivity contribution >= 4 is 21.8 Å². The predicted octanol–water partition coefficient (Wildman–Crippen LogP) is 8.22. The average Bonchev–Trinajstić information content (AvgIpc) is 3.16. The molecule has 0 saturated heterocycles. The smallest absolute Gasteiger partial charge is 0.261 e. The van der Waals surface area contributed by atoms with Gasteiger partial charge in [-0.05, 0) is 35.4 Å². The molecule has 0 atom stereocenters. The van der Waals surface area contributed by atoms with Crippen molar-refractivity contribution in [3.63, 3.8) is 0 Å². The van der Waals surface area contributed by atoms with Crippen LogP contribution in [0.25, 0.3) is 44.6 Å². The van der Waals surface area contributed by atoms with Gasteiger partial charge in [0.25, 0.3) is 11.1 Å². The van der Waals surface area contributed by atoms with Gasteiger partial charge < -0.3 is 0 Å². The quantitative estimate of drug-likeness (QED) is 0.187. The molecule has 0 saturated carbocycles. The molecule has 0 fully saturated rings. The zero-order valence-corrected chi connectivity index (χ0v) is 26.2. The second kappa shape index (κ2) is 13.9. The van der Waals surface area contributed by atoms with E-state index in [1.165, 1.54) is 0 Å². The van der Waals surface area contributed by atoms with Gasteiger partial charge >= 0.3 is 0 Å². The van der Waals surface area contributed by atoms with Crippen LogP contribution in [0.15, 0.2) is 179 Å². The van der Waals surface area contributed by atoms with Crippen molar-refractivity contribution in [3.05, 3.63) is 202 Å². The van der Waals surface area contributed by atoms with Crippen molar-refractivity contribution in [2.24, 2.45) is 0 Å². The standard InChI is InChI=1S/2C21H16N2O/c2*24-21-18-13-7-8-14-19(18)22-20(17-11-5-2-6-12-17)23(21)15-16-9-3-1-4-10-16/h2*1-14H,15H2. The zero-order valence-electron chi connectivity index (χ0n) is 26.2. The lowest BCUT2D eigenvalue weighted by Crippen LogP contribution is -2.24. The van der Waals surface area contributed by atoms with Crippen LogP contribution in [-0.2, 0) is 13.1 Å². The molecule has 0 bridgehead atoms. The maximum absolute atomic E-state index is 13.0. The van der Waals surface area contributed by atoms with Gasteiger partial charge in [-0.15, -0.1) is 0 Å². The van der Waals surface area contributed by atoms with E-state index in [0.29, 0.717) is 35.5 Å². The molecule has 0 aliphatic heterocycles. The monoisotopic (exact) mass is 624 g/mol. The maximum Gasteiger partial charge on any atom is 0.261 e. The molecular formula is C42H32N4O2. The van der Waals surface area contributed by atoms with Crippen LogP contribution >= 0.6 is 0 Å². The largest absolute Gasteiger partial charge is 0.288 e. The molecule has 0 radical (unpaired) electrons. The molecule has 2 aromatic heterocycles. The van der Waals surface area contributed by atoms with Gasteiger partial charge in [0, 0.05) is 11.1 Å². The third-order valence-corrected chi connectivity index (χ3v) is 8.15. The van der Waals surface area contributed by atoms with Crippen LogP contribution in [0, 0.1) is 0 Å². The first-order valence-electron chi connectivity index (χ1n) is 15.8. The van der Waals surface area contributed by atoms with Crippen molar-refractivity contribution in [3.8, 4) is 22.8 Å². The van der Waals surface area contributed by atoms with Crippen molar-refractivity contribution in [1.82, 2.24) is 19.1 Å². The minimum absolute atomic E-state index is 0.0108. The molecule has 2 heterocycles. The molecule has 6 heteroatoms. The molecule has 0 aliphatic carbocycles. The lowest BCUT2D eigenvalue weighted by molar-refractivity contribution is 0.759. The van der Waals surface area contributed by atoms with Crippen LogP contribution in [0.5, 0.6) is 0 Å². The van der Waals surface area contributed by atoms with Crippen LogP contribution in [0.1, 0.15) is 11.1 Å². The molecule has 6 aromatic carbocycles. The maximum atomic E-state index is 13.0. The Labute approximate surface area is 277 Å². The number of benzene rings is 6. The summed E-state index contributed by atoms with van der Waals surface area (Å²) in [4.78, 5) is 35.6. The molecular weight excluding hydrogens is 592 g/mol. The molecule has 0 aliphatic rings. The van der Waals surface area contributed by atoms with Crippen LogP contribution < -0.4 is 11.1 Å². The van der Waals surface area contributed by atoms with Gasteiger partial charge in [0.2, 0.25) is 0 Å². The summed E-state index contributed by atoms with van der Waals surface area (Å²) in [7, 11) is 0. The Morgan fingerprint density at radius 1 is 0.375 bits per heavy atom. The summed E-state index contributed by atoms with van der Waals surface area (Å²) < 4.78 is 3.51. The van der Waals surface area contributed by atoms with Crippen molar-refractivity contribution in [2.75, 3.05) is 0 Å². The summed E-state index contributed by atoms with van der Waals surface area (Å²) in [6.45, 7) is 1.00. The van der Waals surface area contributed by atoms with Gasteiger partial charge in [-0.1, -0.05) is 146 Å². The van der Waals surface area contributed by atoms with Gasteiger partial charge in [-0.3, -0.25) is 18.7 Å². The fourth-order valence-electron chi connectivity index (χ4n) is 5.78. The average molecular weight is 625 g/mol. The Hall–Kier alpha value is -6.40. The Morgan fingerprint density at radius 3 is 1.06 bits per heavy atom. The van der Waals surface area contributed by atoms with Gasteiger partial charge in [0.1, 0.15) is 11.6 Å². The summed E-state index contributed by atoms with van der Waals surface area (Å²) in [6.07, 6.45) is 0. The molecule has 0 unspecified atom stereocenters. The Kier molecular flexibility index (Phi) is 8.78. The number of rotatable bonds is 6. The Morgan fingerprint density at radius 2 is 0.688 bits per heavy atom. The molecule has 0 N–H and O–H groups in total. The molecule has 232 valence electrons. The highest BCUT2D eigenvalue weighted by molar-refractivity contribution is 5.80. The normalized spacial score (nSPS) is 10.8. The molecule has 0 amide bonds. The van der Waals surface area contributed by atoms with Crippen molar-refractivity contribution < 1.29 is 0 Å². The summed E-state index contributed by atoms with van der Waals surface area (Å²) in [5.41, 5.74) is 5.47. The van der Waals surface area contributed by atoms with E-state index in [1.807, 2.05) is 170 Å². The zero-order chi connectivity index (χ0) is 32.7. The van der Waals surface area contributed by atoms with E-state index >= 15 is 0 Å². The first-order chi connectivity index (χ1) is 23.7. The van der Waals surface area contributed by atoms with Crippen molar-refractivity contribution in [1.29, 1.82) is 0 Å². The summed E-state index contributed by atoms with van der Waals surface area (Å²) >= 11 is 0. The van der Waals surface area contributed by atoms with E-state index in [-0.39, 0.29) is 11.1 Å². The highest BCUT2D eigenvalue weighted by Gasteiger charge is 2.14. The first-order valence-corrected chi connectivity index (χ1v) is 15.8. The number of fused-ring (bicyclic) bond motifs is 2. The molecule has 0 spiro atoms. The molecule has 8 rings (SSSR count). The number of nitrogens with zero attached hydrogens (tertiary/aromatic N) is 4. The molecule has 48 heavy (non-hydrogen) atoms. The second-order valence-electron chi connectivity index (χ2n) is 11.4. The lowest BCUT2D eigenvalue weighted by Gasteiger charge is -2.14. The summed E-state index contributed by atoms with van der Waals surface area (Å²) in [5, 5.41) is 1.29. The fourth-order valence-corrected chi connectivity index (χ4v) is 5.78. The number of para-hydroxylation sites is 2. The van der Waals surface area contributed by atoms with Gasteiger partial charge in [-0.2, -0.15) is 0 Å². The highest BCUT2D eigenvalue weighted by atomic mass is 16.1. The fraction of sp³-hybridized carbons (Fsp3) is 0.0476. The number of hydrogen-bond donors (Lipinski definition) is 0. The predicted molar refractivity (Wildman–Crippen MR) is 194 cm³/mol. The Bertz CT molecular complexity index is 2250. The lowest BCUT2D eigenvalue weighted by atomic mass is 10.1. The van der Waals surface area contributed by atoms with E-state index < -0.39 is 0 Å². The topological polar surface area (TPSA) is 69.8 Å². The minimum atomic E-state index is -0.0108. The van der Waals surface area contributed by atoms with Crippen LogP contribution in [0.2, 0.25) is 0 Å². The van der Waals surface area contributed by atoms with Gasteiger partial charge in [0.15, 0.2) is 0 Å². The van der Waals surface area contributed by atoms with Crippen LogP contribution in [0.4, 0.5) is 0 Å². The van der Waals surface area contributed by atoms with Crippen molar-refractivity contribution in [2.45, 2.75) is 13.1 Å². The number of hydrogen-bond acceptors (Lipinski definition) is 4. The third-order valence-electron chi connectivity index (χ3n) is 8.15. The molecule has 8 aromatic rings. The highest BCUT2D eigenvalue weighted by Crippen LogP contribution is 2.21. The van der Waals surface area contributed by atoms with E-state index in [2.05, 4.69) is 0 Å². The van der Waals surface area contributed by atoms with E-state index in [0.717, 1.165) is 33.3 Å². The van der Waals surface area contributed by atoms with E-state index in [9.17, 15) is 9.59 Å². The summed E-state index contributed by atoms with van der Waals surface area (Å²) in [5.74, 6) is 1.39. The third kappa shape index (κ3) is 6.46. The van der Waals surface area contributed by atoms with E-state index in [4.69, 9.17) is 9.97 Å². The Balaban J connectivity index is 0.000000152. The van der Waals surface area contributed by atoms with Gasteiger partial charge in [0.05, 0.1) is 34.9 Å². The first kappa shape index (κ1) is 30.3. The van der Waals surface area contributed by atoms with E-state index in [1.54, 1.807) is 9.13 Å². The van der Waals surface area contributed by atoms with Crippen LogP contribution in [0.3, 0.4) is 0 Å². The second-order valence-corrected chi connectivity index (χ2v) is 11.4. The SMILES string of the molecule is O=c1c2ccccc2nc(-c2ccccc2)n1Cc1ccccc1.O=c1c2ccccc2nc(-c2ccccc2)n1Cc1ccccc1. The van der Waals surface area contributed by atoms with Crippen LogP contribution in [-0.4, -0.2) is 19.1 Å². The number of aromatic nitrogens is 4. The minimum Gasteiger partial charge on any atom is -0.288 e.